The maximum Gasteiger partial charge on any atom is 0.348 e. The Hall–Kier alpha value is -2.78. The first-order chi connectivity index (χ1) is 13.4. The monoisotopic (exact) mass is 405 g/mol. The number of hydrogen-bond acceptors (Lipinski definition) is 7. The van der Waals surface area contributed by atoms with E-state index >= 15 is 0 Å². The van der Waals surface area contributed by atoms with E-state index in [1.165, 1.54) is 19.2 Å². The van der Waals surface area contributed by atoms with Gasteiger partial charge in [-0.15, -0.1) is 11.3 Å². The van der Waals surface area contributed by atoms with Crippen LogP contribution in [0.25, 0.3) is 10.2 Å². The zero-order valence-corrected chi connectivity index (χ0v) is 16.6. The molecular formula is C19H20FN3O4S. The first kappa shape index (κ1) is 20.0. The molecule has 0 aliphatic heterocycles. The van der Waals surface area contributed by atoms with Crippen LogP contribution in [-0.4, -0.2) is 48.1 Å². The standard InChI is InChI=1S/C19H20FN3O4S/c1-11-15-17(24)21-14(22-18(15)28-16(11)19(25)26-3)10-23(2)8-9-27-13-6-4-12(20)5-7-13/h4-7H,8-10H2,1-3H3,(H,21,22,24). The molecule has 7 nitrogen and oxygen atoms in total. The van der Waals surface area contributed by atoms with Crippen LogP contribution in [-0.2, 0) is 11.3 Å². The quantitative estimate of drug-likeness (QED) is 0.609. The normalized spacial score (nSPS) is 11.2. The minimum absolute atomic E-state index is 0.278. The summed E-state index contributed by atoms with van der Waals surface area (Å²) in [6.45, 7) is 3.10. The second-order valence-electron chi connectivity index (χ2n) is 6.28. The smallest absolute Gasteiger partial charge is 0.348 e. The van der Waals surface area contributed by atoms with Gasteiger partial charge in [0.05, 0.1) is 19.0 Å². The number of esters is 1. The van der Waals surface area contributed by atoms with E-state index in [0.29, 0.717) is 51.9 Å². The molecule has 0 saturated carbocycles. The Bertz CT molecular complexity index is 1050. The Kier molecular flexibility index (Phi) is 6.05. The lowest BCUT2D eigenvalue weighted by molar-refractivity contribution is 0.0605. The van der Waals surface area contributed by atoms with Gasteiger partial charge >= 0.3 is 5.97 Å². The topological polar surface area (TPSA) is 84.5 Å². The number of aromatic amines is 1. The molecular weight excluding hydrogens is 385 g/mol. The molecule has 9 heteroatoms. The molecule has 1 N–H and O–H groups in total. The number of thiophene rings is 1. The van der Waals surface area contributed by atoms with E-state index in [4.69, 9.17) is 9.47 Å². The highest BCUT2D eigenvalue weighted by molar-refractivity contribution is 7.20. The number of aromatic nitrogens is 2. The molecule has 0 fully saturated rings. The Morgan fingerprint density at radius 3 is 2.71 bits per heavy atom. The molecule has 3 rings (SSSR count). The molecule has 2 aromatic heterocycles. The molecule has 0 amide bonds. The number of nitrogens with one attached hydrogen (secondary N) is 1. The van der Waals surface area contributed by atoms with E-state index in [0.717, 1.165) is 11.3 Å². The van der Waals surface area contributed by atoms with Crippen LogP contribution in [0.15, 0.2) is 29.1 Å². The van der Waals surface area contributed by atoms with Gasteiger partial charge in [-0.2, -0.15) is 0 Å². The summed E-state index contributed by atoms with van der Waals surface area (Å²) in [5, 5.41) is 0.413. The van der Waals surface area contributed by atoms with Crippen LogP contribution in [0.2, 0.25) is 0 Å². The predicted molar refractivity (Wildman–Crippen MR) is 105 cm³/mol. The van der Waals surface area contributed by atoms with Crippen molar-refractivity contribution in [3.05, 3.63) is 56.7 Å². The van der Waals surface area contributed by atoms with Crippen LogP contribution in [0.4, 0.5) is 4.39 Å². The predicted octanol–water partition coefficient (Wildman–Crippen LogP) is 2.73. The molecule has 0 radical (unpaired) electrons. The van der Waals surface area contributed by atoms with Crippen LogP contribution in [0.1, 0.15) is 21.1 Å². The third-order valence-electron chi connectivity index (χ3n) is 4.20. The van der Waals surface area contributed by atoms with Gasteiger partial charge in [-0.1, -0.05) is 0 Å². The number of hydrogen-bond donors (Lipinski definition) is 1. The molecule has 0 aliphatic rings. The summed E-state index contributed by atoms with van der Waals surface area (Å²) in [4.78, 5) is 34.4. The van der Waals surface area contributed by atoms with Gasteiger partial charge in [0.1, 0.15) is 33.7 Å². The number of rotatable bonds is 7. The number of halogens is 1. The molecule has 2 heterocycles. The summed E-state index contributed by atoms with van der Waals surface area (Å²) < 4.78 is 23.2. The number of likely N-dealkylation sites (N-methyl/N-ethyl adjacent to an activating group) is 1. The fourth-order valence-corrected chi connectivity index (χ4v) is 3.85. The van der Waals surface area contributed by atoms with E-state index < -0.39 is 5.97 Å². The van der Waals surface area contributed by atoms with Gasteiger partial charge in [-0.25, -0.2) is 14.2 Å². The summed E-state index contributed by atoms with van der Waals surface area (Å²) in [7, 11) is 3.18. The summed E-state index contributed by atoms with van der Waals surface area (Å²) in [5.74, 6) is 0.303. The van der Waals surface area contributed by atoms with E-state index in [2.05, 4.69) is 9.97 Å². The zero-order valence-electron chi connectivity index (χ0n) is 15.7. The molecule has 0 spiro atoms. The van der Waals surface area contributed by atoms with Gasteiger partial charge in [0.2, 0.25) is 0 Å². The number of H-pyrrole nitrogens is 1. The van der Waals surface area contributed by atoms with Gasteiger partial charge in [-0.3, -0.25) is 9.69 Å². The first-order valence-corrected chi connectivity index (χ1v) is 9.38. The van der Waals surface area contributed by atoms with Crippen LogP contribution >= 0.6 is 11.3 Å². The van der Waals surface area contributed by atoms with Crippen LogP contribution in [0, 0.1) is 12.7 Å². The van der Waals surface area contributed by atoms with Gasteiger partial charge in [0.15, 0.2) is 0 Å². The Labute approximate surface area is 164 Å². The van der Waals surface area contributed by atoms with Crippen molar-refractivity contribution >= 4 is 27.5 Å². The van der Waals surface area contributed by atoms with Crippen molar-refractivity contribution in [3.8, 4) is 5.75 Å². The number of methoxy groups -OCH3 is 1. The maximum atomic E-state index is 12.9. The van der Waals surface area contributed by atoms with Crippen molar-refractivity contribution < 1.29 is 18.7 Å². The Balaban J connectivity index is 1.67. The lowest BCUT2D eigenvalue weighted by atomic mass is 10.2. The molecule has 0 unspecified atom stereocenters. The van der Waals surface area contributed by atoms with Crippen molar-refractivity contribution in [3.63, 3.8) is 0 Å². The van der Waals surface area contributed by atoms with Gasteiger partial charge in [0.25, 0.3) is 5.56 Å². The zero-order chi connectivity index (χ0) is 20.3. The fraction of sp³-hybridized carbons (Fsp3) is 0.316. The number of carbonyl (C=O) groups excluding carboxylic acids is 1. The third-order valence-corrected chi connectivity index (χ3v) is 5.36. The molecule has 0 saturated heterocycles. The maximum absolute atomic E-state index is 12.9. The minimum atomic E-state index is -0.475. The lowest BCUT2D eigenvalue weighted by Gasteiger charge is -2.16. The molecule has 148 valence electrons. The van der Waals surface area contributed by atoms with E-state index in [9.17, 15) is 14.0 Å². The van der Waals surface area contributed by atoms with Gasteiger partial charge < -0.3 is 14.5 Å². The van der Waals surface area contributed by atoms with Crippen molar-refractivity contribution in [2.24, 2.45) is 0 Å². The second-order valence-corrected chi connectivity index (χ2v) is 7.28. The first-order valence-electron chi connectivity index (χ1n) is 8.56. The highest BCUT2D eigenvalue weighted by atomic mass is 32.1. The van der Waals surface area contributed by atoms with E-state index in [1.54, 1.807) is 19.1 Å². The third kappa shape index (κ3) is 4.37. The highest BCUT2D eigenvalue weighted by Gasteiger charge is 2.19. The molecule has 3 aromatic rings. The summed E-state index contributed by atoms with van der Waals surface area (Å²) in [6, 6.07) is 5.82. The minimum Gasteiger partial charge on any atom is -0.492 e. The molecule has 0 aliphatic carbocycles. The largest absolute Gasteiger partial charge is 0.492 e. The SMILES string of the molecule is COC(=O)c1sc2nc(CN(C)CCOc3ccc(F)cc3)[nH]c(=O)c2c1C. The van der Waals surface area contributed by atoms with Crippen molar-refractivity contribution in [1.29, 1.82) is 0 Å². The van der Waals surface area contributed by atoms with Gasteiger partial charge in [0, 0.05) is 6.54 Å². The fourth-order valence-electron chi connectivity index (χ4n) is 2.74. The van der Waals surface area contributed by atoms with Crippen molar-refractivity contribution in [2.45, 2.75) is 13.5 Å². The Morgan fingerprint density at radius 1 is 1.32 bits per heavy atom. The average Bonchev–Trinajstić information content (AvgIpc) is 2.99. The van der Waals surface area contributed by atoms with Crippen molar-refractivity contribution in [1.82, 2.24) is 14.9 Å². The highest BCUT2D eigenvalue weighted by Crippen LogP contribution is 2.27. The van der Waals surface area contributed by atoms with E-state index in [-0.39, 0.29) is 11.4 Å². The molecule has 0 atom stereocenters. The second kappa shape index (κ2) is 8.49. The number of aryl methyl sites for hydroxylation is 1. The average molecular weight is 405 g/mol. The van der Waals surface area contributed by atoms with E-state index in [1.807, 2.05) is 11.9 Å². The number of carbonyl (C=O) groups is 1. The summed E-state index contributed by atoms with van der Waals surface area (Å²) >= 11 is 1.15. The van der Waals surface area contributed by atoms with Crippen LogP contribution in [0.5, 0.6) is 5.75 Å². The number of ether oxygens (including phenoxy) is 2. The summed E-state index contributed by atoms with van der Waals surface area (Å²) in [5.41, 5.74) is 0.299. The number of nitrogens with zero attached hydrogens (tertiary/aromatic N) is 2. The molecule has 1 aromatic carbocycles. The van der Waals surface area contributed by atoms with Crippen LogP contribution in [0.3, 0.4) is 0 Å². The van der Waals surface area contributed by atoms with Gasteiger partial charge in [-0.05, 0) is 43.8 Å². The number of benzene rings is 1. The molecule has 0 bridgehead atoms. The number of fused-ring (bicyclic) bond motifs is 1. The van der Waals surface area contributed by atoms with Crippen LogP contribution < -0.4 is 10.3 Å². The Morgan fingerprint density at radius 2 is 2.04 bits per heavy atom. The molecule has 28 heavy (non-hydrogen) atoms. The van der Waals surface area contributed by atoms with Crippen molar-refractivity contribution in [2.75, 3.05) is 27.3 Å². The summed E-state index contributed by atoms with van der Waals surface area (Å²) in [6.07, 6.45) is 0. The lowest BCUT2D eigenvalue weighted by Crippen LogP contribution is -2.26.